The fourth-order valence-corrected chi connectivity index (χ4v) is 1.38. The Kier molecular flexibility index (Phi) is 4.56. The standard InChI is InChI=1S/C8H11ClO5/c1-3-8(4-2,7(13)14-9)5(10)6(11)12/h3-4H2,1-2H3,(H,11,12). The lowest BCUT2D eigenvalue weighted by molar-refractivity contribution is -0.162. The van der Waals surface area contributed by atoms with Gasteiger partial charge in [0.1, 0.15) is 17.3 Å². The van der Waals surface area contributed by atoms with Crippen LogP contribution in [0.3, 0.4) is 0 Å². The Morgan fingerprint density at radius 2 is 1.71 bits per heavy atom. The zero-order valence-corrected chi connectivity index (χ0v) is 8.63. The molecule has 0 saturated heterocycles. The number of rotatable bonds is 5. The van der Waals surface area contributed by atoms with E-state index in [0.717, 1.165) is 0 Å². The average Bonchev–Trinajstić information content (AvgIpc) is 2.19. The molecule has 80 valence electrons. The Bertz CT molecular complexity index is 256. The average molecular weight is 223 g/mol. The summed E-state index contributed by atoms with van der Waals surface area (Å²) in [6, 6.07) is 0. The van der Waals surface area contributed by atoms with E-state index >= 15 is 0 Å². The van der Waals surface area contributed by atoms with Crippen molar-refractivity contribution in [2.75, 3.05) is 0 Å². The molecule has 0 radical (unpaired) electrons. The van der Waals surface area contributed by atoms with Gasteiger partial charge in [-0.25, -0.2) is 9.59 Å². The molecule has 0 bridgehead atoms. The summed E-state index contributed by atoms with van der Waals surface area (Å²) in [6.07, 6.45) is 0.0837. The molecule has 0 aliphatic carbocycles. The Morgan fingerprint density at radius 3 is 1.93 bits per heavy atom. The predicted octanol–water partition coefficient (Wildman–Crippen LogP) is 1.14. The summed E-state index contributed by atoms with van der Waals surface area (Å²) in [5, 5.41) is 8.52. The van der Waals surface area contributed by atoms with Gasteiger partial charge >= 0.3 is 11.9 Å². The third-order valence-electron chi connectivity index (χ3n) is 2.30. The Labute approximate surface area is 86.2 Å². The van der Waals surface area contributed by atoms with Crippen LogP contribution in [0.1, 0.15) is 26.7 Å². The summed E-state index contributed by atoms with van der Waals surface area (Å²) < 4.78 is 3.92. The maximum absolute atomic E-state index is 11.3. The van der Waals surface area contributed by atoms with Crippen molar-refractivity contribution in [3.8, 4) is 0 Å². The lowest BCUT2D eigenvalue weighted by atomic mass is 9.78. The molecule has 0 aromatic heterocycles. The van der Waals surface area contributed by atoms with Crippen molar-refractivity contribution < 1.29 is 23.8 Å². The van der Waals surface area contributed by atoms with E-state index in [1.165, 1.54) is 13.8 Å². The first-order valence-electron chi connectivity index (χ1n) is 4.07. The molecule has 0 aliphatic rings. The van der Waals surface area contributed by atoms with Crippen molar-refractivity contribution in [1.29, 1.82) is 0 Å². The second-order valence-electron chi connectivity index (χ2n) is 2.79. The van der Waals surface area contributed by atoms with Crippen molar-refractivity contribution in [2.24, 2.45) is 5.41 Å². The molecule has 0 heterocycles. The summed E-state index contributed by atoms with van der Waals surface area (Å²) in [4.78, 5) is 33.0. The molecule has 0 amide bonds. The normalized spacial score (nSPS) is 10.8. The van der Waals surface area contributed by atoms with Gasteiger partial charge in [0, 0.05) is 0 Å². The molecule has 0 atom stereocenters. The van der Waals surface area contributed by atoms with Gasteiger partial charge < -0.3 is 9.40 Å². The summed E-state index contributed by atoms with van der Waals surface area (Å²) in [7, 11) is 0. The lowest BCUT2D eigenvalue weighted by Crippen LogP contribution is -2.42. The van der Waals surface area contributed by atoms with Gasteiger partial charge in [0.25, 0.3) is 5.78 Å². The van der Waals surface area contributed by atoms with Gasteiger partial charge in [-0.05, 0) is 12.8 Å². The molecule has 0 aromatic carbocycles. The molecule has 1 N–H and O–H groups in total. The van der Waals surface area contributed by atoms with Crippen molar-refractivity contribution >= 4 is 29.6 Å². The van der Waals surface area contributed by atoms with E-state index in [1.54, 1.807) is 0 Å². The van der Waals surface area contributed by atoms with Gasteiger partial charge in [0.05, 0.1) is 0 Å². The van der Waals surface area contributed by atoms with Gasteiger partial charge in [-0.15, -0.1) is 0 Å². The third-order valence-corrected chi connectivity index (χ3v) is 2.44. The highest BCUT2D eigenvalue weighted by molar-refractivity contribution is 6.39. The Hall–Kier alpha value is -1.10. The minimum absolute atomic E-state index is 0.0419. The van der Waals surface area contributed by atoms with Crippen LogP contribution in [0.15, 0.2) is 0 Å². The third kappa shape index (κ3) is 2.04. The van der Waals surface area contributed by atoms with E-state index in [4.69, 9.17) is 17.0 Å². The fourth-order valence-electron chi connectivity index (χ4n) is 1.23. The van der Waals surface area contributed by atoms with Crippen LogP contribution in [-0.2, 0) is 18.7 Å². The van der Waals surface area contributed by atoms with Crippen molar-refractivity contribution in [2.45, 2.75) is 26.7 Å². The van der Waals surface area contributed by atoms with Gasteiger partial charge in [0.2, 0.25) is 0 Å². The maximum Gasteiger partial charge on any atom is 0.373 e. The summed E-state index contributed by atoms with van der Waals surface area (Å²) in [5.74, 6) is -3.86. The van der Waals surface area contributed by atoms with Crippen LogP contribution in [0, 0.1) is 5.41 Å². The van der Waals surface area contributed by atoms with Gasteiger partial charge in [-0.2, -0.15) is 0 Å². The van der Waals surface area contributed by atoms with Crippen molar-refractivity contribution in [3.63, 3.8) is 0 Å². The minimum Gasteiger partial charge on any atom is -0.475 e. The fraction of sp³-hybridized carbons (Fsp3) is 0.625. The number of carboxylic acid groups (broad SMARTS) is 1. The van der Waals surface area contributed by atoms with Crippen LogP contribution in [0.5, 0.6) is 0 Å². The largest absolute Gasteiger partial charge is 0.475 e. The number of halogens is 1. The summed E-state index contributed by atoms with van der Waals surface area (Å²) in [5.41, 5.74) is -1.66. The molecule has 14 heavy (non-hydrogen) atoms. The molecule has 0 aliphatic heterocycles. The van der Waals surface area contributed by atoms with E-state index in [2.05, 4.69) is 4.29 Å². The zero-order chi connectivity index (χ0) is 11.4. The second kappa shape index (κ2) is 4.95. The molecule has 6 heteroatoms. The van der Waals surface area contributed by atoms with E-state index in [1.807, 2.05) is 0 Å². The van der Waals surface area contributed by atoms with E-state index in [0.29, 0.717) is 0 Å². The number of carboxylic acids is 1. The topological polar surface area (TPSA) is 80.7 Å². The Morgan fingerprint density at radius 1 is 1.29 bits per heavy atom. The summed E-state index contributed by atoms with van der Waals surface area (Å²) in [6.45, 7) is 3.05. The lowest BCUT2D eigenvalue weighted by Gasteiger charge is -2.23. The van der Waals surface area contributed by atoms with Crippen molar-refractivity contribution in [1.82, 2.24) is 0 Å². The first-order valence-corrected chi connectivity index (χ1v) is 4.37. The number of ketones is 1. The molecule has 0 aromatic rings. The van der Waals surface area contributed by atoms with E-state index in [9.17, 15) is 14.4 Å². The highest BCUT2D eigenvalue weighted by Gasteiger charge is 2.47. The summed E-state index contributed by atoms with van der Waals surface area (Å²) >= 11 is 4.85. The molecule has 0 spiro atoms. The van der Waals surface area contributed by atoms with Crippen molar-refractivity contribution in [3.05, 3.63) is 0 Å². The van der Waals surface area contributed by atoms with Crippen LogP contribution in [0.2, 0.25) is 0 Å². The molecule has 0 unspecified atom stereocenters. The van der Waals surface area contributed by atoms with Crippen LogP contribution >= 0.6 is 11.9 Å². The van der Waals surface area contributed by atoms with E-state index in [-0.39, 0.29) is 12.8 Å². The number of aliphatic carboxylic acids is 1. The predicted molar refractivity (Wildman–Crippen MR) is 47.6 cm³/mol. The molecular weight excluding hydrogens is 212 g/mol. The van der Waals surface area contributed by atoms with Gasteiger partial charge in [0.15, 0.2) is 0 Å². The monoisotopic (exact) mass is 222 g/mol. The molecule has 5 nitrogen and oxygen atoms in total. The van der Waals surface area contributed by atoms with Crippen LogP contribution < -0.4 is 0 Å². The molecular formula is C8H11ClO5. The van der Waals surface area contributed by atoms with Crippen LogP contribution in [0.4, 0.5) is 0 Å². The minimum atomic E-state index is -1.66. The first-order chi connectivity index (χ1) is 6.46. The Balaban J connectivity index is 5.17. The van der Waals surface area contributed by atoms with Crippen LogP contribution in [-0.4, -0.2) is 22.8 Å². The second-order valence-corrected chi connectivity index (χ2v) is 2.94. The molecule has 0 rings (SSSR count). The first kappa shape index (κ1) is 12.9. The SMILES string of the molecule is CCC(CC)(C(=O)OCl)C(=O)C(=O)O. The number of hydrogen-bond acceptors (Lipinski definition) is 4. The number of Topliss-reactive ketones (excluding diaryl/α,β-unsaturated/α-hetero) is 1. The number of carbonyl (C=O) groups is 3. The molecule has 0 saturated carbocycles. The quantitative estimate of drug-likeness (QED) is 0.557. The highest BCUT2D eigenvalue weighted by atomic mass is 35.5. The highest BCUT2D eigenvalue weighted by Crippen LogP contribution is 2.30. The smallest absolute Gasteiger partial charge is 0.373 e. The molecule has 0 fully saturated rings. The number of carbonyl (C=O) groups excluding carboxylic acids is 2. The van der Waals surface area contributed by atoms with Gasteiger partial charge in [-0.3, -0.25) is 4.79 Å². The van der Waals surface area contributed by atoms with E-state index < -0.39 is 23.1 Å². The van der Waals surface area contributed by atoms with Crippen LogP contribution in [0.25, 0.3) is 0 Å². The van der Waals surface area contributed by atoms with Gasteiger partial charge in [-0.1, -0.05) is 13.8 Å². The number of hydrogen-bond donors (Lipinski definition) is 1. The zero-order valence-electron chi connectivity index (χ0n) is 7.87. The maximum atomic E-state index is 11.3.